The van der Waals surface area contributed by atoms with Gasteiger partial charge in [0, 0.05) is 24.2 Å². The largest absolute Gasteiger partial charge is 0.323 e. The zero-order valence-corrected chi connectivity index (χ0v) is 12.4. The molecule has 1 heterocycles. The van der Waals surface area contributed by atoms with E-state index < -0.39 is 0 Å². The van der Waals surface area contributed by atoms with E-state index in [0.717, 1.165) is 16.5 Å². The maximum atomic E-state index is 6.27. The van der Waals surface area contributed by atoms with Crippen molar-refractivity contribution in [2.75, 3.05) is 5.75 Å². The van der Waals surface area contributed by atoms with Crippen LogP contribution in [-0.4, -0.2) is 15.7 Å². The minimum atomic E-state index is 0.00908. The Labute approximate surface area is 118 Å². The minimum absolute atomic E-state index is 0.00908. The van der Waals surface area contributed by atoms with Gasteiger partial charge in [0.15, 0.2) is 5.16 Å². The van der Waals surface area contributed by atoms with E-state index in [1.165, 1.54) is 16.7 Å². The van der Waals surface area contributed by atoms with Crippen LogP contribution in [-0.2, 0) is 0 Å². The number of aryl methyl sites for hydroxylation is 3. The first-order valence-electron chi connectivity index (χ1n) is 6.30. The number of hydrogen-bond acceptors (Lipinski definition) is 4. The van der Waals surface area contributed by atoms with Crippen LogP contribution in [0.3, 0.4) is 0 Å². The molecule has 0 bridgehead atoms. The summed E-state index contributed by atoms with van der Waals surface area (Å²) in [7, 11) is 0. The van der Waals surface area contributed by atoms with Crippen molar-refractivity contribution in [1.82, 2.24) is 9.97 Å². The fourth-order valence-electron chi connectivity index (χ4n) is 1.87. The Kier molecular flexibility index (Phi) is 4.56. The first-order chi connectivity index (χ1) is 9.06. The molecular formula is C15H19N3S. The lowest BCUT2D eigenvalue weighted by Crippen LogP contribution is -2.14. The van der Waals surface area contributed by atoms with Crippen molar-refractivity contribution >= 4 is 11.8 Å². The fourth-order valence-corrected chi connectivity index (χ4v) is 2.63. The van der Waals surface area contributed by atoms with Crippen LogP contribution in [0.4, 0.5) is 0 Å². The SMILES string of the molecule is Cc1cnc(SCC(N)c2cc(C)ccc2C)nc1. The lowest BCUT2D eigenvalue weighted by atomic mass is 10.0. The lowest BCUT2D eigenvalue weighted by Gasteiger charge is -2.14. The Balaban J connectivity index is 2.03. The maximum absolute atomic E-state index is 6.27. The highest BCUT2D eigenvalue weighted by molar-refractivity contribution is 7.99. The fraction of sp³-hybridized carbons (Fsp3) is 0.333. The lowest BCUT2D eigenvalue weighted by molar-refractivity contribution is 0.816. The molecule has 1 aromatic carbocycles. The van der Waals surface area contributed by atoms with Crippen LogP contribution >= 0.6 is 11.8 Å². The average Bonchev–Trinajstić information content (AvgIpc) is 2.40. The number of nitrogens with zero attached hydrogens (tertiary/aromatic N) is 2. The molecule has 0 aliphatic rings. The van der Waals surface area contributed by atoms with Crippen molar-refractivity contribution in [3.63, 3.8) is 0 Å². The quantitative estimate of drug-likeness (QED) is 0.686. The first-order valence-corrected chi connectivity index (χ1v) is 7.29. The van der Waals surface area contributed by atoms with Gasteiger partial charge in [-0.05, 0) is 37.5 Å². The van der Waals surface area contributed by atoms with E-state index in [1.807, 2.05) is 19.3 Å². The minimum Gasteiger partial charge on any atom is -0.323 e. The second-order valence-electron chi connectivity index (χ2n) is 4.82. The second kappa shape index (κ2) is 6.17. The average molecular weight is 273 g/mol. The summed E-state index contributed by atoms with van der Waals surface area (Å²) in [6.45, 7) is 6.17. The molecule has 100 valence electrons. The predicted molar refractivity (Wildman–Crippen MR) is 80.3 cm³/mol. The van der Waals surface area contributed by atoms with Gasteiger partial charge < -0.3 is 5.73 Å². The summed E-state index contributed by atoms with van der Waals surface area (Å²) >= 11 is 1.60. The molecular weight excluding hydrogens is 254 g/mol. The number of aromatic nitrogens is 2. The van der Waals surface area contributed by atoms with Gasteiger partial charge in [-0.1, -0.05) is 35.5 Å². The van der Waals surface area contributed by atoms with E-state index in [0.29, 0.717) is 0 Å². The first kappa shape index (κ1) is 14.0. The molecule has 2 aromatic rings. The van der Waals surface area contributed by atoms with Crippen molar-refractivity contribution in [2.45, 2.75) is 32.0 Å². The molecule has 2 N–H and O–H groups in total. The third-order valence-corrected chi connectivity index (χ3v) is 3.98. The number of nitrogens with two attached hydrogens (primary N) is 1. The Hall–Kier alpha value is -1.39. The molecule has 3 nitrogen and oxygen atoms in total. The molecule has 0 aliphatic heterocycles. The van der Waals surface area contributed by atoms with Gasteiger partial charge in [-0.15, -0.1) is 0 Å². The summed E-state index contributed by atoms with van der Waals surface area (Å²) in [6.07, 6.45) is 3.66. The van der Waals surface area contributed by atoms with Gasteiger partial charge in [-0.2, -0.15) is 0 Å². The number of benzene rings is 1. The van der Waals surface area contributed by atoms with Crippen LogP contribution in [0, 0.1) is 20.8 Å². The number of hydrogen-bond donors (Lipinski definition) is 1. The highest BCUT2D eigenvalue weighted by Crippen LogP contribution is 2.23. The highest BCUT2D eigenvalue weighted by Gasteiger charge is 2.10. The molecule has 1 unspecified atom stereocenters. The van der Waals surface area contributed by atoms with Crippen LogP contribution < -0.4 is 5.73 Å². The summed E-state index contributed by atoms with van der Waals surface area (Å²) in [5.74, 6) is 0.785. The molecule has 0 aliphatic carbocycles. The van der Waals surface area contributed by atoms with Gasteiger partial charge in [-0.3, -0.25) is 0 Å². The molecule has 2 rings (SSSR count). The summed E-state index contributed by atoms with van der Waals surface area (Å²) < 4.78 is 0. The Morgan fingerprint density at radius 2 is 1.79 bits per heavy atom. The van der Waals surface area contributed by atoms with Crippen molar-refractivity contribution in [2.24, 2.45) is 5.73 Å². The second-order valence-corrected chi connectivity index (χ2v) is 5.81. The Morgan fingerprint density at radius 3 is 2.47 bits per heavy atom. The van der Waals surface area contributed by atoms with Crippen LogP contribution in [0.5, 0.6) is 0 Å². The van der Waals surface area contributed by atoms with Crippen molar-refractivity contribution in [1.29, 1.82) is 0 Å². The molecule has 1 atom stereocenters. The van der Waals surface area contributed by atoms with Gasteiger partial charge in [0.2, 0.25) is 0 Å². The molecule has 0 spiro atoms. The smallest absolute Gasteiger partial charge is 0.187 e. The molecule has 0 radical (unpaired) electrons. The van der Waals surface area contributed by atoms with E-state index >= 15 is 0 Å². The maximum Gasteiger partial charge on any atom is 0.187 e. The van der Waals surface area contributed by atoms with Gasteiger partial charge in [-0.25, -0.2) is 9.97 Å². The molecule has 0 fully saturated rings. The molecule has 1 aromatic heterocycles. The van der Waals surface area contributed by atoms with E-state index in [4.69, 9.17) is 5.73 Å². The molecule has 19 heavy (non-hydrogen) atoms. The summed E-state index contributed by atoms with van der Waals surface area (Å²) in [5.41, 5.74) is 11.0. The summed E-state index contributed by atoms with van der Waals surface area (Å²) in [5, 5.41) is 0.784. The number of thioether (sulfide) groups is 1. The Bertz CT molecular complexity index is 552. The predicted octanol–water partition coefficient (Wildman–Crippen LogP) is 3.19. The van der Waals surface area contributed by atoms with Crippen molar-refractivity contribution < 1.29 is 0 Å². The molecule has 4 heteroatoms. The Morgan fingerprint density at radius 1 is 1.11 bits per heavy atom. The number of rotatable bonds is 4. The topological polar surface area (TPSA) is 51.8 Å². The summed E-state index contributed by atoms with van der Waals surface area (Å²) in [6, 6.07) is 6.41. The third-order valence-electron chi connectivity index (χ3n) is 2.98. The molecule has 0 saturated heterocycles. The van der Waals surface area contributed by atoms with Crippen LogP contribution in [0.25, 0.3) is 0 Å². The van der Waals surface area contributed by atoms with Gasteiger partial charge in [0.1, 0.15) is 0 Å². The van der Waals surface area contributed by atoms with Crippen molar-refractivity contribution in [3.8, 4) is 0 Å². The monoisotopic (exact) mass is 273 g/mol. The zero-order valence-electron chi connectivity index (χ0n) is 11.6. The third kappa shape index (κ3) is 3.78. The van der Waals surface area contributed by atoms with E-state index in [-0.39, 0.29) is 6.04 Å². The van der Waals surface area contributed by atoms with Crippen LogP contribution in [0.15, 0.2) is 35.7 Å². The van der Waals surface area contributed by atoms with E-state index in [9.17, 15) is 0 Å². The van der Waals surface area contributed by atoms with Crippen LogP contribution in [0.2, 0.25) is 0 Å². The highest BCUT2D eigenvalue weighted by atomic mass is 32.2. The zero-order chi connectivity index (χ0) is 13.8. The standard InChI is InChI=1S/C15H19N3S/c1-10-4-5-12(3)13(6-10)14(16)9-19-15-17-7-11(2)8-18-15/h4-8,14H,9,16H2,1-3H3. The van der Waals surface area contributed by atoms with Gasteiger partial charge in [0.25, 0.3) is 0 Å². The molecule has 0 saturated carbocycles. The van der Waals surface area contributed by atoms with E-state index in [1.54, 1.807) is 11.8 Å². The van der Waals surface area contributed by atoms with Gasteiger partial charge in [0.05, 0.1) is 0 Å². The van der Waals surface area contributed by atoms with Crippen molar-refractivity contribution in [3.05, 3.63) is 52.8 Å². The van der Waals surface area contributed by atoms with E-state index in [2.05, 4.69) is 42.0 Å². The summed E-state index contributed by atoms with van der Waals surface area (Å²) in [4.78, 5) is 8.56. The van der Waals surface area contributed by atoms with Gasteiger partial charge >= 0.3 is 0 Å². The van der Waals surface area contributed by atoms with Crippen LogP contribution in [0.1, 0.15) is 28.3 Å². The normalized spacial score (nSPS) is 12.4. The molecule has 0 amide bonds.